The van der Waals surface area contributed by atoms with Crippen molar-refractivity contribution in [1.82, 2.24) is 15.5 Å². The first-order valence-electron chi connectivity index (χ1n) is 7.11. The van der Waals surface area contributed by atoms with Crippen molar-refractivity contribution in [2.75, 3.05) is 13.2 Å². The van der Waals surface area contributed by atoms with E-state index in [2.05, 4.69) is 15.5 Å². The van der Waals surface area contributed by atoms with Crippen molar-refractivity contribution in [2.45, 2.75) is 19.4 Å². The van der Waals surface area contributed by atoms with Gasteiger partial charge in [-0.2, -0.15) is 4.98 Å². The van der Waals surface area contributed by atoms with Gasteiger partial charge < -0.3 is 14.6 Å². The number of ether oxygens (including phenoxy) is 1. The van der Waals surface area contributed by atoms with Crippen LogP contribution in [0.2, 0.25) is 5.02 Å². The molecular formula is C15H16ClN3O3. The van der Waals surface area contributed by atoms with E-state index in [1.54, 1.807) is 24.3 Å². The average molecular weight is 322 g/mol. The first-order valence-corrected chi connectivity index (χ1v) is 7.49. The van der Waals surface area contributed by atoms with E-state index in [0.29, 0.717) is 30.0 Å². The predicted molar refractivity (Wildman–Crippen MR) is 80.2 cm³/mol. The number of hydrogen-bond donors (Lipinski definition) is 1. The first kappa shape index (κ1) is 15.0. The Morgan fingerprint density at radius 3 is 2.86 bits per heavy atom. The Bertz CT molecular complexity index is 650. The van der Waals surface area contributed by atoms with Crippen LogP contribution in [0.5, 0.6) is 0 Å². The molecule has 1 N–H and O–H groups in total. The van der Waals surface area contributed by atoms with Gasteiger partial charge in [0.05, 0.1) is 18.6 Å². The van der Waals surface area contributed by atoms with Crippen molar-refractivity contribution < 1.29 is 14.1 Å². The van der Waals surface area contributed by atoms with Crippen LogP contribution in [-0.4, -0.2) is 29.3 Å². The Morgan fingerprint density at radius 1 is 1.41 bits per heavy atom. The van der Waals surface area contributed by atoms with Gasteiger partial charge in [-0.25, -0.2) is 0 Å². The second-order valence-electron chi connectivity index (χ2n) is 5.26. The molecule has 2 aromatic rings. The molecule has 1 aliphatic heterocycles. The lowest BCUT2D eigenvalue weighted by atomic mass is 10.1. The third-order valence-corrected chi connectivity index (χ3v) is 3.83. The van der Waals surface area contributed by atoms with Crippen molar-refractivity contribution in [3.8, 4) is 11.5 Å². The van der Waals surface area contributed by atoms with Crippen LogP contribution in [0.25, 0.3) is 11.5 Å². The van der Waals surface area contributed by atoms with Gasteiger partial charge in [0.15, 0.2) is 5.82 Å². The van der Waals surface area contributed by atoms with Crippen molar-refractivity contribution in [1.29, 1.82) is 0 Å². The molecule has 0 saturated carbocycles. The minimum Gasteiger partial charge on any atom is -0.381 e. The Labute approximate surface area is 132 Å². The fourth-order valence-corrected chi connectivity index (χ4v) is 2.38. The summed E-state index contributed by atoms with van der Waals surface area (Å²) in [6, 6.07) is 6.80. The third kappa shape index (κ3) is 3.28. The highest BCUT2D eigenvalue weighted by Crippen LogP contribution is 2.22. The summed E-state index contributed by atoms with van der Waals surface area (Å²) in [5, 5.41) is 7.46. The summed E-state index contributed by atoms with van der Waals surface area (Å²) in [6.07, 6.45) is 0.751. The fourth-order valence-electron chi connectivity index (χ4n) is 2.26. The molecule has 2 heterocycles. The smallest absolute Gasteiger partial charge is 0.257 e. The topological polar surface area (TPSA) is 77.2 Å². The van der Waals surface area contributed by atoms with Crippen molar-refractivity contribution >= 4 is 17.5 Å². The molecule has 6 nitrogen and oxygen atoms in total. The Hall–Kier alpha value is -1.92. The third-order valence-electron chi connectivity index (χ3n) is 3.58. The second kappa shape index (κ2) is 6.46. The summed E-state index contributed by atoms with van der Waals surface area (Å²) < 4.78 is 10.5. The lowest BCUT2D eigenvalue weighted by Gasteiger charge is -2.13. The summed E-state index contributed by atoms with van der Waals surface area (Å²) in [5.41, 5.74) is 0.783. The van der Waals surface area contributed by atoms with Gasteiger partial charge in [-0.1, -0.05) is 16.8 Å². The summed E-state index contributed by atoms with van der Waals surface area (Å²) in [5.74, 6) is 0.710. The van der Waals surface area contributed by atoms with Gasteiger partial charge >= 0.3 is 0 Å². The fraction of sp³-hybridized carbons (Fsp3) is 0.400. The molecule has 2 atom stereocenters. The van der Waals surface area contributed by atoms with Crippen LogP contribution in [0.3, 0.4) is 0 Å². The molecule has 0 aliphatic carbocycles. The number of amides is 1. The predicted octanol–water partition coefficient (Wildman–Crippen LogP) is 2.60. The quantitative estimate of drug-likeness (QED) is 0.936. The molecule has 1 aromatic carbocycles. The first-order chi connectivity index (χ1) is 10.6. The molecule has 0 unspecified atom stereocenters. The number of nitrogens with zero attached hydrogens (tertiary/aromatic N) is 2. The molecule has 1 amide bonds. The van der Waals surface area contributed by atoms with Crippen LogP contribution in [-0.2, 0) is 9.53 Å². The normalized spacial score (nSPS) is 19.1. The van der Waals surface area contributed by atoms with Gasteiger partial charge in [-0.3, -0.25) is 4.79 Å². The number of carbonyl (C=O) groups is 1. The Balaban J connectivity index is 1.67. The van der Waals surface area contributed by atoms with Crippen molar-refractivity contribution in [3.05, 3.63) is 35.1 Å². The van der Waals surface area contributed by atoms with Gasteiger partial charge in [-0.15, -0.1) is 0 Å². The summed E-state index contributed by atoms with van der Waals surface area (Å²) in [4.78, 5) is 16.4. The van der Waals surface area contributed by atoms with Crippen molar-refractivity contribution in [2.24, 2.45) is 5.92 Å². The zero-order valence-electron chi connectivity index (χ0n) is 12.1. The van der Waals surface area contributed by atoms with E-state index in [0.717, 1.165) is 12.0 Å². The van der Waals surface area contributed by atoms with Gasteiger partial charge in [0.25, 0.3) is 5.89 Å². The maximum atomic E-state index is 12.1. The Kier molecular flexibility index (Phi) is 4.40. The number of benzene rings is 1. The van der Waals surface area contributed by atoms with Gasteiger partial charge in [-0.05, 0) is 37.6 Å². The molecule has 116 valence electrons. The average Bonchev–Trinajstić information content (AvgIpc) is 3.20. The highest BCUT2D eigenvalue weighted by Gasteiger charge is 2.26. The van der Waals surface area contributed by atoms with E-state index >= 15 is 0 Å². The zero-order valence-corrected chi connectivity index (χ0v) is 12.8. The molecule has 1 saturated heterocycles. The summed E-state index contributed by atoms with van der Waals surface area (Å²) >= 11 is 5.85. The molecule has 1 aromatic heterocycles. The maximum absolute atomic E-state index is 12.1. The number of halogens is 1. The number of aromatic nitrogens is 2. The van der Waals surface area contributed by atoms with Crippen molar-refractivity contribution in [3.63, 3.8) is 0 Å². The monoisotopic (exact) mass is 321 g/mol. The molecule has 0 radical (unpaired) electrons. The van der Waals surface area contributed by atoms with E-state index < -0.39 is 0 Å². The molecule has 3 rings (SSSR count). The summed E-state index contributed by atoms with van der Waals surface area (Å²) in [6.45, 7) is 2.93. The molecule has 1 aliphatic rings. The number of hydrogen-bond acceptors (Lipinski definition) is 5. The van der Waals surface area contributed by atoms with Gasteiger partial charge in [0.2, 0.25) is 5.91 Å². The lowest BCUT2D eigenvalue weighted by Crippen LogP contribution is -2.33. The van der Waals surface area contributed by atoms with E-state index in [1.807, 2.05) is 6.92 Å². The van der Waals surface area contributed by atoms with Crippen LogP contribution < -0.4 is 5.32 Å². The zero-order chi connectivity index (χ0) is 15.5. The largest absolute Gasteiger partial charge is 0.381 e. The van der Waals surface area contributed by atoms with E-state index in [1.165, 1.54) is 0 Å². The van der Waals surface area contributed by atoms with E-state index in [9.17, 15) is 4.79 Å². The molecule has 22 heavy (non-hydrogen) atoms. The molecule has 0 bridgehead atoms. The lowest BCUT2D eigenvalue weighted by molar-refractivity contribution is -0.125. The van der Waals surface area contributed by atoms with Crippen LogP contribution in [0.15, 0.2) is 28.8 Å². The highest BCUT2D eigenvalue weighted by atomic mass is 35.5. The number of rotatable bonds is 4. The minimum atomic E-state index is -0.321. The van der Waals surface area contributed by atoms with Gasteiger partial charge in [0.1, 0.15) is 0 Å². The molecular weight excluding hydrogens is 306 g/mol. The van der Waals surface area contributed by atoms with Crippen LogP contribution >= 0.6 is 11.6 Å². The maximum Gasteiger partial charge on any atom is 0.257 e. The second-order valence-corrected chi connectivity index (χ2v) is 5.69. The standard InChI is InChI=1S/C15H16ClN3O3/c1-9(17-14(20)11-6-7-21-8-11)13-18-15(22-19-13)10-2-4-12(16)5-3-10/h2-5,9,11H,6-8H2,1H3,(H,17,20)/t9-,11-/m0/s1. The van der Waals surface area contributed by atoms with Gasteiger partial charge in [0, 0.05) is 17.2 Å². The highest BCUT2D eigenvalue weighted by molar-refractivity contribution is 6.30. The SMILES string of the molecule is C[C@H](NC(=O)[C@H]1CCOC1)c1noc(-c2ccc(Cl)cc2)n1. The van der Waals surface area contributed by atoms with Crippen LogP contribution in [0.1, 0.15) is 25.2 Å². The van der Waals surface area contributed by atoms with Crippen LogP contribution in [0.4, 0.5) is 0 Å². The minimum absolute atomic E-state index is 0.0390. The molecule has 1 fully saturated rings. The Morgan fingerprint density at radius 2 is 2.18 bits per heavy atom. The van der Waals surface area contributed by atoms with E-state index in [-0.39, 0.29) is 17.9 Å². The van der Waals surface area contributed by atoms with E-state index in [4.69, 9.17) is 20.9 Å². The summed E-state index contributed by atoms with van der Waals surface area (Å²) in [7, 11) is 0. The van der Waals surface area contributed by atoms with Crippen LogP contribution in [0, 0.1) is 5.92 Å². The number of carbonyl (C=O) groups excluding carboxylic acids is 1. The molecule has 7 heteroatoms. The molecule has 0 spiro atoms. The number of nitrogens with one attached hydrogen (secondary N) is 1.